The van der Waals surface area contributed by atoms with Crippen molar-refractivity contribution >= 4 is 35.0 Å². The van der Waals surface area contributed by atoms with E-state index >= 15 is 0 Å². The zero-order chi connectivity index (χ0) is 28.2. The van der Waals surface area contributed by atoms with Crippen LogP contribution in [0, 0.1) is 11.7 Å². The topological polar surface area (TPSA) is 121 Å². The number of fused-ring (bicyclic) bond motifs is 1. The lowest BCUT2D eigenvalue weighted by Gasteiger charge is -2.46. The number of rotatable bonds is 6. The predicted molar refractivity (Wildman–Crippen MR) is 151 cm³/mol. The standard InChI is InChI=1S/C28H32ClFN6O3S/c1-27(2,38)16-13-36(14-16)26-23(29)21(5-8-32-26)40-22-12-33-25(19(15-37)34-22)35-9-6-28(7-10-35)24(31)18-11-17(30)3-4-20(18)39-28/h3-5,8,11-12,16,24,37-38H,6-7,9-10,13-15,31H2,1-2H3. The van der Waals surface area contributed by atoms with Gasteiger partial charge in [0.1, 0.15) is 33.7 Å². The van der Waals surface area contributed by atoms with Crippen molar-refractivity contribution < 1.29 is 19.3 Å². The highest BCUT2D eigenvalue weighted by Gasteiger charge is 2.49. The molecule has 3 aliphatic rings. The Kier molecular flexibility index (Phi) is 7.07. The summed E-state index contributed by atoms with van der Waals surface area (Å²) in [5.41, 5.74) is 6.37. The van der Waals surface area contributed by atoms with Gasteiger partial charge in [0.15, 0.2) is 5.82 Å². The highest BCUT2D eigenvalue weighted by molar-refractivity contribution is 7.99. The lowest BCUT2D eigenvalue weighted by atomic mass is 9.83. The Morgan fingerprint density at radius 1 is 1.18 bits per heavy atom. The third kappa shape index (κ3) is 4.87. The Hall–Kier alpha value is -2.70. The molecular formula is C28H32ClFN6O3S. The molecule has 0 radical (unpaired) electrons. The molecule has 9 nitrogen and oxygen atoms in total. The van der Waals surface area contributed by atoms with Crippen LogP contribution < -0.4 is 20.3 Å². The van der Waals surface area contributed by atoms with Crippen molar-refractivity contribution in [3.63, 3.8) is 0 Å². The summed E-state index contributed by atoms with van der Waals surface area (Å²) < 4.78 is 20.1. The Labute approximate surface area is 241 Å². The number of anilines is 2. The Bertz CT molecular complexity index is 1430. The SMILES string of the molecule is CC(C)(O)C1CN(c2nccc(Sc3cnc(N4CCC5(CC4)Oc4ccc(F)cc4C5N)c(CO)n3)c2Cl)C1. The van der Waals surface area contributed by atoms with Crippen molar-refractivity contribution in [2.75, 3.05) is 36.0 Å². The molecule has 3 aliphatic heterocycles. The van der Waals surface area contributed by atoms with Gasteiger partial charge in [-0.2, -0.15) is 0 Å². The maximum atomic E-state index is 13.8. The lowest BCUT2D eigenvalue weighted by molar-refractivity contribution is 0.00437. The second-order valence-electron chi connectivity index (χ2n) is 11.3. The normalized spacial score (nSPS) is 20.4. The van der Waals surface area contributed by atoms with Gasteiger partial charge in [-0.3, -0.25) is 0 Å². The van der Waals surface area contributed by atoms with E-state index < -0.39 is 17.2 Å². The second-order valence-corrected chi connectivity index (χ2v) is 12.7. The first-order valence-electron chi connectivity index (χ1n) is 13.3. The molecule has 1 spiro atoms. The van der Waals surface area contributed by atoms with Gasteiger partial charge in [-0.15, -0.1) is 0 Å². The van der Waals surface area contributed by atoms with Crippen LogP contribution in [0.25, 0.3) is 0 Å². The van der Waals surface area contributed by atoms with Gasteiger partial charge in [0, 0.05) is 61.6 Å². The average molecular weight is 587 g/mol. The minimum Gasteiger partial charge on any atom is -0.485 e. The third-order valence-electron chi connectivity index (χ3n) is 8.28. The minimum absolute atomic E-state index is 0.158. The summed E-state index contributed by atoms with van der Waals surface area (Å²) >= 11 is 8.09. The summed E-state index contributed by atoms with van der Waals surface area (Å²) in [7, 11) is 0. The number of ether oxygens (including phenoxy) is 1. The molecule has 0 bridgehead atoms. The van der Waals surface area contributed by atoms with Gasteiger partial charge in [0.2, 0.25) is 0 Å². The molecule has 2 saturated heterocycles. The van der Waals surface area contributed by atoms with Crippen molar-refractivity contribution in [3.8, 4) is 5.75 Å². The first kappa shape index (κ1) is 27.5. The number of hydrogen-bond donors (Lipinski definition) is 3. The summed E-state index contributed by atoms with van der Waals surface area (Å²) in [4.78, 5) is 18.7. The quantitative estimate of drug-likeness (QED) is 0.391. The monoisotopic (exact) mass is 586 g/mol. The molecule has 4 N–H and O–H groups in total. The van der Waals surface area contributed by atoms with Gasteiger partial charge in [-0.1, -0.05) is 23.4 Å². The van der Waals surface area contributed by atoms with Crippen LogP contribution in [0.5, 0.6) is 5.75 Å². The number of benzene rings is 1. The first-order chi connectivity index (χ1) is 19.1. The summed E-state index contributed by atoms with van der Waals surface area (Å²) in [5, 5.41) is 21.5. The molecule has 12 heteroatoms. The van der Waals surface area contributed by atoms with Crippen LogP contribution in [0.2, 0.25) is 5.02 Å². The van der Waals surface area contributed by atoms with E-state index in [4.69, 9.17) is 22.1 Å². The third-order valence-corrected chi connectivity index (χ3v) is 9.73. The van der Waals surface area contributed by atoms with E-state index in [1.807, 2.05) is 19.9 Å². The zero-order valence-electron chi connectivity index (χ0n) is 22.3. The van der Waals surface area contributed by atoms with Crippen LogP contribution in [0.3, 0.4) is 0 Å². The highest BCUT2D eigenvalue weighted by atomic mass is 35.5. The van der Waals surface area contributed by atoms with Gasteiger partial charge < -0.3 is 30.5 Å². The largest absolute Gasteiger partial charge is 0.485 e. The summed E-state index contributed by atoms with van der Waals surface area (Å²) in [6.45, 7) is 5.96. The van der Waals surface area contributed by atoms with E-state index in [9.17, 15) is 14.6 Å². The molecule has 1 unspecified atom stereocenters. The molecule has 212 valence electrons. The molecule has 2 aromatic heterocycles. The molecule has 5 heterocycles. The Morgan fingerprint density at radius 2 is 1.93 bits per heavy atom. The van der Waals surface area contributed by atoms with Crippen LogP contribution in [-0.4, -0.2) is 62.5 Å². The maximum Gasteiger partial charge on any atom is 0.152 e. The van der Waals surface area contributed by atoms with Crippen molar-refractivity contribution in [3.05, 3.63) is 58.8 Å². The van der Waals surface area contributed by atoms with E-state index in [-0.39, 0.29) is 18.3 Å². The summed E-state index contributed by atoms with van der Waals surface area (Å²) in [6, 6.07) is 5.92. The minimum atomic E-state index is -0.747. The van der Waals surface area contributed by atoms with Gasteiger partial charge >= 0.3 is 0 Å². The number of aliphatic hydroxyl groups is 2. The first-order valence-corrected chi connectivity index (χ1v) is 14.5. The molecule has 0 amide bonds. The molecule has 6 rings (SSSR count). The van der Waals surface area contributed by atoms with Gasteiger partial charge in [-0.05, 0) is 38.1 Å². The molecule has 40 heavy (non-hydrogen) atoms. The van der Waals surface area contributed by atoms with Gasteiger partial charge in [-0.25, -0.2) is 19.3 Å². The van der Waals surface area contributed by atoms with Crippen molar-refractivity contribution in [1.82, 2.24) is 15.0 Å². The van der Waals surface area contributed by atoms with Gasteiger partial charge in [0.05, 0.1) is 29.5 Å². The predicted octanol–water partition coefficient (Wildman–Crippen LogP) is 3.95. The Balaban J connectivity index is 1.14. The van der Waals surface area contributed by atoms with Crippen LogP contribution >= 0.6 is 23.4 Å². The molecule has 1 aromatic carbocycles. The second kappa shape index (κ2) is 10.3. The average Bonchev–Trinajstić information content (AvgIpc) is 3.15. The molecule has 2 fully saturated rings. The van der Waals surface area contributed by atoms with Crippen LogP contribution in [0.1, 0.15) is 44.0 Å². The molecule has 0 aliphatic carbocycles. The highest BCUT2D eigenvalue weighted by Crippen LogP contribution is 2.48. The van der Waals surface area contributed by atoms with Gasteiger partial charge in [0.25, 0.3) is 0 Å². The van der Waals surface area contributed by atoms with E-state index in [1.165, 1.54) is 23.9 Å². The van der Waals surface area contributed by atoms with Crippen molar-refractivity contribution in [2.45, 2.75) is 60.5 Å². The van der Waals surface area contributed by atoms with Crippen molar-refractivity contribution in [2.24, 2.45) is 11.7 Å². The summed E-state index contributed by atoms with van der Waals surface area (Å²) in [5.74, 6) is 1.78. The maximum absolute atomic E-state index is 13.8. The number of halogens is 2. The Morgan fingerprint density at radius 3 is 2.62 bits per heavy atom. The fraction of sp³-hybridized carbons (Fsp3) is 0.464. The molecule has 1 atom stereocenters. The van der Waals surface area contributed by atoms with E-state index in [0.717, 1.165) is 4.90 Å². The van der Waals surface area contributed by atoms with Crippen LogP contribution in [-0.2, 0) is 6.61 Å². The number of pyridine rings is 1. The number of nitrogens with zero attached hydrogens (tertiary/aromatic N) is 5. The number of piperidine rings is 1. The number of hydrogen-bond acceptors (Lipinski definition) is 10. The van der Waals surface area contributed by atoms with E-state index in [2.05, 4.69) is 24.8 Å². The molecule has 3 aromatic rings. The lowest BCUT2D eigenvalue weighted by Crippen LogP contribution is -2.56. The molecule has 0 saturated carbocycles. The number of nitrogens with two attached hydrogens (primary N) is 1. The van der Waals surface area contributed by atoms with Crippen LogP contribution in [0.4, 0.5) is 16.0 Å². The fourth-order valence-corrected chi connectivity index (χ4v) is 6.82. The van der Waals surface area contributed by atoms with E-state index in [0.29, 0.717) is 77.7 Å². The zero-order valence-corrected chi connectivity index (χ0v) is 23.9. The summed E-state index contributed by atoms with van der Waals surface area (Å²) in [6.07, 6.45) is 4.66. The fourth-order valence-electron chi connectivity index (χ4n) is 5.68. The van der Waals surface area contributed by atoms with Crippen LogP contribution in [0.15, 0.2) is 46.6 Å². The number of aliphatic hydroxyl groups excluding tert-OH is 1. The van der Waals surface area contributed by atoms with E-state index in [1.54, 1.807) is 18.5 Å². The molecular weight excluding hydrogens is 555 g/mol. The smallest absolute Gasteiger partial charge is 0.152 e. The van der Waals surface area contributed by atoms with Crippen molar-refractivity contribution in [1.29, 1.82) is 0 Å². The number of aromatic nitrogens is 3.